The number of hydrogen-bond donors (Lipinski definition) is 4. The van der Waals surface area contributed by atoms with Crippen LogP contribution in [-0.2, 0) is 14.4 Å². The molecule has 5 rings (SSSR count). The van der Waals surface area contributed by atoms with E-state index in [0.717, 1.165) is 25.3 Å². The summed E-state index contributed by atoms with van der Waals surface area (Å²) in [5.41, 5.74) is 1.37. The van der Waals surface area contributed by atoms with E-state index in [4.69, 9.17) is 19.4 Å². The quantitative estimate of drug-likeness (QED) is 0.0494. The van der Waals surface area contributed by atoms with Crippen LogP contribution in [0.1, 0.15) is 44.9 Å². The first-order valence-corrected chi connectivity index (χ1v) is 15.1. The third-order valence-electron chi connectivity index (χ3n) is 7.80. The van der Waals surface area contributed by atoms with E-state index in [9.17, 15) is 18.8 Å². The lowest BCUT2D eigenvalue weighted by atomic mass is 10.0. The smallest absolute Gasteiger partial charge is 0.243 e. The van der Waals surface area contributed by atoms with Crippen molar-refractivity contribution in [1.82, 2.24) is 10.5 Å². The average Bonchev–Trinajstić information content (AvgIpc) is 3.89. The maximum Gasteiger partial charge on any atom is 0.243 e. The second-order valence-corrected chi connectivity index (χ2v) is 11.1. The number of amides is 3. The van der Waals surface area contributed by atoms with Crippen molar-refractivity contribution in [3.8, 4) is 23.0 Å². The topological polar surface area (TPSA) is 148 Å². The molecule has 1 aliphatic carbocycles. The van der Waals surface area contributed by atoms with Crippen molar-refractivity contribution >= 4 is 40.0 Å². The minimum atomic E-state index is -1.30. The highest BCUT2D eigenvalue weighted by atomic mass is 19.1. The number of hydroxylamine groups is 1. The molecule has 1 fully saturated rings. The van der Waals surface area contributed by atoms with E-state index >= 15 is 4.39 Å². The number of hydrogen-bond acceptors (Lipinski definition) is 8. The van der Waals surface area contributed by atoms with Gasteiger partial charge in [0.25, 0.3) is 0 Å². The maximum atomic E-state index is 15.3. The highest BCUT2D eigenvalue weighted by Gasteiger charge is 2.56. The number of fused-ring (bicyclic) bond motifs is 1. The summed E-state index contributed by atoms with van der Waals surface area (Å²) in [6.45, 7) is 0.390. The summed E-state index contributed by atoms with van der Waals surface area (Å²) in [4.78, 5) is 41.4. The van der Waals surface area contributed by atoms with Gasteiger partial charge in [-0.3, -0.25) is 24.6 Å². The fourth-order valence-corrected chi connectivity index (χ4v) is 4.97. The standard InChI is InChI=1S/C34H34F2N4O7/c1-45-29-20-26-24(19-30(29)46-17-5-3-2-4-6-31(41)40-44)27(13-16-37-26)47-28-12-11-23(18-25(28)36)39-33(43)34(14-15-34)32(42)38-22-9-7-21(35)8-10-22/h7-13,16,18-20,44H,2-6,14-15,17H2,1H3,(H,38,42)(H,39,43)(H,40,41). The molecule has 11 nitrogen and oxygen atoms in total. The highest BCUT2D eigenvalue weighted by molar-refractivity contribution is 6.16. The number of pyridine rings is 1. The summed E-state index contributed by atoms with van der Waals surface area (Å²) in [6.07, 6.45) is 5.43. The summed E-state index contributed by atoms with van der Waals surface area (Å²) >= 11 is 0. The van der Waals surface area contributed by atoms with Gasteiger partial charge in [0, 0.05) is 41.5 Å². The lowest BCUT2D eigenvalue weighted by Gasteiger charge is -2.16. The number of anilines is 2. The average molecular weight is 649 g/mol. The van der Waals surface area contributed by atoms with Crippen LogP contribution in [0.4, 0.5) is 20.2 Å². The summed E-state index contributed by atoms with van der Waals surface area (Å²) in [5, 5.41) is 14.4. The molecule has 1 aromatic heterocycles. The van der Waals surface area contributed by atoms with E-state index in [1.165, 1.54) is 49.7 Å². The number of halogens is 2. The normalized spacial score (nSPS) is 13.0. The number of carbonyl (C=O) groups excluding carboxylic acids is 3. The Hall–Kier alpha value is -5.30. The Morgan fingerprint density at radius 2 is 1.53 bits per heavy atom. The number of aromatic nitrogens is 1. The van der Waals surface area contributed by atoms with Crippen molar-refractivity contribution in [2.24, 2.45) is 5.41 Å². The van der Waals surface area contributed by atoms with Crippen LogP contribution in [0.2, 0.25) is 0 Å². The number of carbonyl (C=O) groups is 3. The van der Waals surface area contributed by atoms with Crippen molar-refractivity contribution in [2.45, 2.75) is 44.9 Å². The molecular formula is C34H34F2N4O7. The molecule has 0 aliphatic heterocycles. The minimum absolute atomic E-state index is 0.0983. The predicted molar refractivity (Wildman–Crippen MR) is 169 cm³/mol. The third kappa shape index (κ3) is 8.11. The van der Waals surface area contributed by atoms with E-state index in [1.807, 2.05) is 0 Å². The molecule has 0 saturated heterocycles. The number of unbranched alkanes of at least 4 members (excludes halogenated alkanes) is 3. The molecule has 1 aliphatic rings. The summed E-state index contributed by atoms with van der Waals surface area (Å²) in [6, 6.07) is 14.2. The Balaban J connectivity index is 1.22. The Morgan fingerprint density at radius 3 is 2.21 bits per heavy atom. The first-order valence-electron chi connectivity index (χ1n) is 15.1. The van der Waals surface area contributed by atoms with Gasteiger partial charge in [-0.2, -0.15) is 0 Å². The monoisotopic (exact) mass is 648 g/mol. The van der Waals surface area contributed by atoms with Gasteiger partial charge in [0.2, 0.25) is 17.7 Å². The third-order valence-corrected chi connectivity index (χ3v) is 7.80. The van der Waals surface area contributed by atoms with Crippen LogP contribution in [0.3, 0.4) is 0 Å². The van der Waals surface area contributed by atoms with Gasteiger partial charge in [0.15, 0.2) is 23.1 Å². The molecule has 1 saturated carbocycles. The fraction of sp³-hybridized carbons (Fsp3) is 0.294. The molecular weight excluding hydrogens is 614 g/mol. The lowest BCUT2D eigenvalue weighted by molar-refractivity contribution is -0.131. The number of nitrogens with zero attached hydrogens (tertiary/aromatic N) is 1. The molecule has 3 amide bonds. The van der Waals surface area contributed by atoms with E-state index in [2.05, 4.69) is 15.6 Å². The van der Waals surface area contributed by atoms with Gasteiger partial charge in [0.05, 0.1) is 19.2 Å². The van der Waals surface area contributed by atoms with E-state index in [0.29, 0.717) is 59.7 Å². The first-order chi connectivity index (χ1) is 22.7. The molecule has 0 unspecified atom stereocenters. The van der Waals surface area contributed by atoms with Crippen molar-refractivity contribution in [3.05, 3.63) is 78.5 Å². The zero-order valence-electron chi connectivity index (χ0n) is 25.6. The van der Waals surface area contributed by atoms with Gasteiger partial charge in [-0.15, -0.1) is 0 Å². The van der Waals surface area contributed by atoms with E-state index < -0.39 is 34.8 Å². The molecule has 4 aromatic rings. The molecule has 13 heteroatoms. The molecule has 0 spiro atoms. The van der Waals surface area contributed by atoms with Gasteiger partial charge in [-0.1, -0.05) is 12.8 Å². The van der Waals surface area contributed by atoms with Gasteiger partial charge in [-0.25, -0.2) is 14.3 Å². The Morgan fingerprint density at radius 1 is 0.830 bits per heavy atom. The second-order valence-electron chi connectivity index (χ2n) is 11.1. The van der Waals surface area contributed by atoms with Crippen LogP contribution in [0.15, 0.2) is 66.9 Å². The molecule has 4 N–H and O–H groups in total. The second kappa shape index (κ2) is 14.9. The van der Waals surface area contributed by atoms with Gasteiger partial charge in [0.1, 0.15) is 17.0 Å². The zero-order chi connectivity index (χ0) is 33.4. The molecule has 0 bridgehead atoms. The highest BCUT2D eigenvalue weighted by Crippen LogP contribution is 2.47. The van der Waals surface area contributed by atoms with Crippen molar-refractivity contribution in [3.63, 3.8) is 0 Å². The molecule has 47 heavy (non-hydrogen) atoms. The predicted octanol–water partition coefficient (Wildman–Crippen LogP) is 6.51. The lowest BCUT2D eigenvalue weighted by Crippen LogP contribution is -2.35. The van der Waals surface area contributed by atoms with Crippen LogP contribution < -0.4 is 30.3 Å². The van der Waals surface area contributed by atoms with Crippen molar-refractivity contribution < 1.29 is 42.6 Å². The molecule has 246 valence electrons. The van der Waals surface area contributed by atoms with E-state index in [-0.39, 0.29) is 17.9 Å². The zero-order valence-corrected chi connectivity index (χ0v) is 25.6. The Kier molecular flexibility index (Phi) is 10.5. The summed E-state index contributed by atoms with van der Waals surface area (Å²) in [5.74, 6) is -1.55. The SMILES string of the molecule is COc1cc2nccc(Oc3ccc(NC(=O)C4(C(=O)Nc5ccc(F)cc5)CC4)cc3F)c2cc1OCCCCCCC(=O)NO. The molecule has 0 radical (unpaired) electrons. The van der Waals surface area contributed by atoms with E-state index in [1.54, 1.807) is 23.7 Å². The van der Waals surface area contributed by atoms with Gasteiger partial charge < -0.3 is 24.8 Å². The van der Waals surface area contributed by atoms with Crippen LogP contribution >= 0.6 is 0 Å². The summed E-state index contributed by atoms with van der Waals surface area (Å²) in [7, 11) is 1.51. The fourth-order valence-electron chi connectivity index (χ4n) is 4.97. The van der Waals surface area contributed by atoms with Gasteiger partial charge in [-0.05, 0) is 74.2 Å². The number of ether oxygens (including phenoxy) is 3. The Labute approximate surface area is 269 Å². The number of nitrogens with one attached hydrogen (secondary N) is 3. The van der Waals surface area contributed by atoms with Crippen LogP contribution in [0.25, 0.3) is 10.9 Å². The number of methoxy groups -OCH3 is 1. The van der Waals surface area contributed by atoms with Crippen LogP contribution in [0, 0.1) is 17.0 Å². The molecule has 0 atom stereocenters. The summed E-state index contributed by atoms with van der Waals surface area (Å²) < 4.78 is 45.8. The first kappa shape index (κ1) is 33.1. The van der Waals surface area contributed by atoms with Crippen LogP contribution in [-0.4, -0.2) is 41.6 Å². The number of rotatable bonds is 15. The van der Waals surface area contributed by atoms with Crippen LogP contribution in [0.5, 0.6) is 23.0 Å². The maximum absolute atomic E-state index is 15.3. The van der Waals surface area contributed by atoms with Crippen molar-refractivity contribution in [2.75, 3.05) is 24.4 Å². The molecule has 3 aromatic carbocycles. The largest absolute Gasteiger partial charge is 0.493 e. The minimum Gasteiger partial charge on any atom is -0.493 e. The Bertz CT molecular complexity index is 1760. The van der Waals surface area contributed by atoms with Gasteiger partial charge >= 0.3 is 0 Å². The van der Waals surface area contributed by atoms with Crippen molar-refractivity contribution in [1.29, 1.82) is 0 Å². The molecule has 1 heterocycles. The number of benzene rings is 3.